The number of rotatable bonds is 5. The molecule has 4 heteroatoms. The van der Waals surface area contributed by atoms with Crippen LogP contribution >= 0.6 is 0 Å². The molecule has 4 nitrogen and oxygen atoms in total. The van der Waals surface area contributed by atoms with Gasteiger partial charge in [0.05, 0.1) is 20.3 Å². The van der Waals surface area contributed by atoms with Crippen molar-refractivity contribution in [3.8, 4) is 11.5 Å². The number of benzene rings is 1. The highest BCUT2D eigenvalue weighted by Crippen LogP contribution is 2.35. The Balaban J connectivity index is 2.27. The number of aliphatic imine (C=N–C) groups is 1. The topological polar surface area (TPSA) is 40.0 Å². The minimum Gasteiger partial charge on any atom is -0.493 e. The van der Waals surface area contributed by atoms with Crippen LogP contribution in [-0.2, 0) is 10.3 Å². The van der Waals surface area contributed by atoms with Crippen molar-refractivity contribution in [2.24, 2.45) is 4.99 Å². The van der Waals surface area contributed by atoms with Crippen LogP contribution in [0.25, 0.3) is 0 Å². The summed E-state index contributed by atoms with van der Waals surface area (Å²) in [5, 5.41) is 0. The fourth-order valence-electron chi connectivity index (χ4n) is 1.89. The van der Waals surface area contributed by atoms with Crippen molar-refractivity contribution < 1.29 is 14.2 Å². The first-order valence-corrected chi connectivity index (χ1v) is 6.17. The Kier molecular flexibility index (Phi) is 3.75. The van der Waals surface area contributed by atoms with E-state index >= 15 is 0 Å². The second kappa shape index (κ2) is 5.29. The second-order valence-electron chi connectivity index (χ2n) is 4.51. The van der Waals surface area contributed by atoms with Gasteiger partial charge in [-0.05, 0) is 25.5 Å². The molecule has 0 fully saturated rings. The number of nitrogens with zero attached hydrogens (tertiary/aromatic N) is 1. The molecule has 98 valence electrons. The van der Waals surface area contributed by atoms with E-state index in [0.717, 1.165) is 23.5 Å². The first kappa shape index (κ1) is 12.7. The summed E-state index contributed by atoms with van der Waals surface area (Å²) in [7, 11) is 1.64. The summed E-state index contributed by atoms with van der Waals surface area (Å²) >= 11 is 0. The zero-order chi connectivity index (χ0) is 13.0. The Morgan fingerprint density at radius 2 is 2.22 bits per heavy atom. The Labute approximate surface area is 108 Å². The maximum atomic E-state index is 5.70. The molecule has 1 heterocycles. The van der Waals surface area contributed by atoms with Crippen LogP contribution in [0.4, 0.5) is 0 Å². The van der Waals surface area contributed by atoms with Crippen molar-refractivity contribution in [2.45, 2.75) is 25.9 Å². The summed E-state index contributed by atoms with van der Waals surface area (Å²) in [4.78, 5) is 4.13. The molecule has 1 aromatic rings. The zero-order valence-electron chi connectivity index (χ0n) is 11.1. The summed E-state index contributed by atoms with van der Waals surface area (Å²) in [6.07, 6.45) is 2.47. The Morgan fingerprint density at radius 3 is 2.83 bits per heavy atom. The number of hydrogen-bond acceptors (Lipinski definition) is 4. The van der Waals surface area contributed by atoms with Gasteiger partial charge in [-0.1, -0.05) is 13.0 Å². The molecule has 2 rings (SSSR count). The fraction of sp³-hybridized carbons (Fsp3) is 0.500. The van der Waals surface area contributed by atoms with Crippen LogP contribution < -0.4 is 9.47 Å². The SMILES string of the molecule is CCCOc1cc([C@]2(C)CN=CO2)ccc1OC. The normalized spacial score (nSPS) is 21.7. The summed E-state index contributed by atoms with van der Waals surface area (Å²) in [6, 6.07) is 5.88. The van der Waals surface area contributed by atoms with Crippen LogP contribution in [0.3, 0.4) is 0 Å². The molecule has 0 aliphatic carbocycles. The van der Waals surface area contributed by atoms with Crippen molar-refractivity contribution >= 4 is 6.40 Å². The molecule has 0 bridgehead atoms. The quantitative estimate of drug-likeness (QED) is 0.805. The van der Waals surface area contributed by atoms with Gasteiger partial charge in [0.15, 0.2) is 23.5 Å². The van der Waals surface area contributed by atoms with E-state index in [4.69, 9.17) is 14.2 Å². The van der Waals surface area contributed by atoms with Gasteiger partial charge in [-0.3, -0.25) is 4.99 Å². The van der Waals surface area contributed by atoms with Crippen LogP contribution in [-0.4, -0.2) is 26.7 Å². The van der Waals surface area contributed by atoms with Gasteiger partial charge < -0.3 is 14.2 Å². The highest BCUT2D eigenvalue weighted by Gasteiger charge is 2.31. The van der Waals surface area contributed by atoms with E-state index < -0.39 is 5.60 Å². The first-order chi connectivity index (χ1) is 8.69. The Hall–Kier alpha value is -1.71. The molecule has 0 radical (unpaired) electrons. The van der Waals surface area contributed by atoms with E-state index in [1.165, 1.54) is 6.40 Å². The molecular formula is C14H19NO3. The summed E-state index contributed by atoms with van der Waals surface area (Å²) in [6.45, 7) is 5.40. The Bertz CT molecular complexity index is 435. The van der Waals surface area contributed by atoms with E-state index in [-0.39, 0.29) is 0 Å². The molecule has 0 aromatic heterocycles. The van der Waals surface area contributed by atoms with Crippen LogP contribution in [0.5, 0.6) is 11.5 Å². The number of methoxy groups -OCH3 is 1. The van der Waals surface area contributed by atoms with Crippen LogP contribution in [0.2, 0.25) is 0 Å². The average Bonchev–Trinajstić information content (AvgIpc) is 2.84. The molecule has 1 aliphatic rings. The maximum absolute atomic E-state index is 5.70. The number of ether oxygens (including phenoxy) is 3. The molecule has 1 aromatic carbocycles. The highest BCUT2D eigenvalue weighted by atomic mass is 16.5. The predicted octanol–water partition coefficient (Wildman–Crippen LogP) is 2.76. The monoisotopic (exact) mass is 249 g/mol. The molecule has 0 spiro atoms. The van der Waals surface area contributed by atoms with Gasteiger partial charge in [-0.2, -0.15) is 0 Å². The minimum absolute atomic E-state index is 0.392. The first-order valence-electron chi connectivity index (χ1n) is 6.17. The molecule has 1 atom stereocenters. The fourth-order valence-corrected chi connectivity index (χ4v) is 1.89. The van der Waals surface area contributed by atoms with Gasteiger partial charge in [0.25, 0.3) is 0 Å². The third kappa shape index (κ3) is 2.42. The van der Waals surface area contributed by atoms with Crippen LogP contribution in [0.15, 0.2) is 23.2 Å². The molecule has 0 N–H and O–H groups in total. The lowest BCUT2D eigenvalue weighted by Crippen LogP contribution is -2.24. The average molecular weight is 249 g/mol. The van der Waals surface area contributed by atoms with Gasteiger partial charge in [0, 0.05) is 5.56 Å². The molecule has 1 aliphatic heterocycles. The van der Waals surface area contributed by atoms with E-state index in [9.17, 15) is 0 Å². The van der Waals surface area contributed by atoms with E-state index in [1.807, 2.05) is 25.1 Å². The summed E-state index contributed by atoms with van der Waals surface area (Å²) < 4.78 is 16.6. The largest absolute Gasteiger partial charge is 0.493 e. The molecule has 0 saturated heterocycles. The molecule has 18 heavy (non-hydrogen) atoms. The number of hydrogen-bond donors (Lipinski definition) is 0. The van der Waals surface area contributed by atoms with Crippen molar-refractivity contribution in [1.82, 2.24) is 0 Å². The van der Waals surface area contributed by atoms with Gasteiger partial charge in [0.1, 0.15) is 0 Å². The van der Waals surface area contributed by atoms with Crippen molar-refractivity contribution in [2.75, 3.05) is 20.3 Å². The van der Waals surface area contributed by atoms with Crippen molar-refractivity contribution in [1.29, 1.82) is 0 Å². The van der Waals surface area contributed by atoms with Crippen LogP contribution in [0.1, 0.15) is 25.8 Å². The standard InChI is InChI=1S/C14H19NO3/c1-4-7-17-13-8-11(5-6-12(13)16-3)14(2)9-15-10-18-14/h5-6,8,10H,4,7,9H2,1-3H3/t14-/m0/s1. The highest BCUT2D eigenvalue weighted by molar-refractivity contribution is 5.53. The second-order valence-corrected chi connectivity index (χ2v) is 4.51. The molecule has 0 saturated carbocycles. The van der Waals surface area contributed by atoms with Gasteiger partial charge >= 0.3 is 0 Å². The zero-order valence-corrected chi connectivity index (χ0v) is 11.1. The van der Waals surface area contributed by atoms with Gasteiger partial charge in [-0.25, -0.2) is 0 Å². The summed E-state index contributed by atoms with van der Waals surface area (Å²) in [5.41, 5.74) is 0.656. The third-order valence-corrected chi connectivity index (χ3v) is 3.02. The maximum Gasteiger partial charge on any atom is 0.171 e. The van der Waals surface area contributed by atoms with E-state index in [2.05, 4.69) is 11.9 Å². The lowest BCUT2D eigenvalue weighted by Gasteiger charge is -2.23. The van der Waals surface area contributed by atoms with Crippen molar-refractivity contribution in [3.05, 3.63) is 23.8 Å². The minimum atomic E-state index is -0.392. The van der Waals surface area contributed by atoms with Gasteiger partial charge in [-0.15, -0.1) is 0 Å². The predicted molar refractivity (Wildman–Crippen MR) is 70.6 cm³/mol. The summed E-state index contributed by atoms with van der Waals surface area (Å²) in [5.74, 6) is 1.50. The van der Waals surface area contributed by atoms with Crippen molar-refractivity contribution in [3.63, 3.8) is 0 Å². The Morgan fingerprint density at radius 1 is 1.39 bits per heavy atom. The van der Waals surface area contributed by atoms with E-state index in [1.54, 1.807) is 7.11 Å². The molecule has 0 unspecified atom stereocenters. The molecular weight excluding hydrogens is 230 g/mol. The van der Waals surface area contributed by atoms with E-state index in [0.29, 0.717) is 13.2 Å². The molecule has 0 amide bonds. The third-order valence-electron chi connectivity index (χ3n) is 3.02. The van der Waals surface area contributed by atoms with Gasteiger partial charge in [0.2, 0.25) is 0 Å². The lowest BCUT2D eigenvalue weighted by molar-refractivity contribution is 0.115. The lowest BCUT2D eigenvalue weighted by atomic mass is 9.96. The smallest absolute Gasteiger partial charge is 0.171 e. The van der Waals surface area contributed by atoms with Crippen LogP contribution in [0, 0.1) is 0 Å².